The van der Waals surface area contributed by atoms with E-state index >= 15 is 0 Å². The zero-order valence-electron chi connectivity index (χ0n) is 6.63. The second-order valence-electron chi connectivity index (χ2n) is 2.41. The lowest BCUT2D eigenvalue weighted by atomic mass is 10.2. The predicted octanol–water partition coefficient (Wildman–Crippen LogP) is 0.463. The largest absolute Gasteiger partial charge is 0.481 e. The zero-order valence-corrected chi connectivity index (χ0v) is 6.63. The van der Waals surface area contributed by atoms with E-state index in [4.69, 9.17) is 11.5 Å². The number of nitrogens with one attached hydrogen (secondary N) is 1. The normalized spacial score (nSPS) is 12.0. The van der Waals surface area contributed by atoms with Crippen molar-refractivity contribution in [2.45, 2.75) is 25.8 Å². The monoisotopic (exact) mass is 155 g/mol. The summed E-state index contributed by atoms with van der Waals surface area (Å²) >= 11 is 0. The average molecular weight is 155 g/mol. The highest BCUT2D eigenvalue weighted by atomic mass is 16.4. The Morgan fingerprint density at radius 3 is 2.91 bits per heavy atom. The third-order valence-corrected chi connectivity index (χ3v) is 1.26. The van der Waals surface area contributed by atoms with Crippen LogP contribution in [0, 0.1) is 12.3 Å². The molecule has 0 aromatic heterocycles. The van der Waals surface area contributed by atoms with Crippen LogP contribution in [0.2, 0.25) is 0 Å². The van der Waals surface area contributed by atoms with E-state index in [1.165, 1.54) is 0 Å². The minimum atomic E-state index is -0.787. The minimum absolute atomic E-state index is 0.148. The van der Waals surface area contributed by atoms with Crippen LogP contribution in [0.4, 0.5) is 0 Å². The number of carboxylic acid groups (broad SMARTS) is 1. The third-order valence-electron chi connectivity index (χ3n) is 1.26. The van der Waals surface area contributed by atoms with E-state index < -0.39 is 5.97 Å². The number of carbonyl (C=O) groups is 1. The standard InChI is InChI=1S/C8H13NO2/c1-3-4-7(2)9-6-5-8(10)11/h1,7,9H,4-6H2,2H3,(H,10,11). The van der Waals surface area contributed by atoms with Gasteiger partial charge in [-0.05, 0) is 6.92 Å². The van der Waals surface area contributed by atoms with Gasteiger partial charge in [-0.1, -0.05) is 0 Å². The Bertz CT molecular complexity index is 160. The van der Waals surface area contributed by atoms with Crippen molar-refractivity contribution >= 4 is 5.97 Å². The molecule has 0 saturated carbocycles. The van der Waals surface area contributed by atoms with Gasteiger partial charge in [-0.15, -0.1) is 12.3 Å². The Kier molecular flexibility index (Phi) is 5.22. The van der Waals surface area contributed by atoms with Crippen molar-refractivity contribution in [1.29, 1.82) is 0 Å². The van der Waals surface area contributed by atoms with E-state index in [-0.39, 0.29) is 12.5 Å². The summed E-state index contributed by atoms with van der Waals surface area (Å²) in [6, 6.07) is 0.208. The van der Waals surface area contributed by atoms with Gasteiger partial charge in [0.15, 0.2) is 0 Å². The van der Waals surface area contributed by atoms with Gasteiger partial charge in [0.1, 0.15) is 0 Å². The molecule has 1 atom stereocenters. The molecule has 0 fully saturated rings. The van der Waals surface area contributed by atoms with Crippen LogP contribution in [-0.4, -0.2) is 23.7 Å². The fourth-order valence-corrected chi connectivity index (χ4v) is 0.674. The second-order valence-corrected chi connectivity index (χ2v) is 2.41. The van der Waals surface area contributed by atoms with E-state index in [1.54, 1.807) is 0 Å². The van der Waals surface area contributed by atoms with E-state index in [2.05, 4.69) is 11.2 Å². The van der Waals surface area contributed by atoms with Gasteiger partial charge in [0, 0.05) is 19.0 Å². The average Bonchev–Trinajstić information content (AvgIpc) is 1.87. The molecular formula is C8H13NO2. The van der Waals surface area contributed by atoms with Crippen molar-refractivity contribution in [1.82, 2.24) is 5.32 Å². The van der Waals surface area contributed by atoms with Gasteiger partial charge in [-0.2, -0.15) is 0 Å². The Balaban J connectivity index is 3.25. The number of hydrogen-bond acceptors (Lipinski definition) is 2. The van der Waals surface area contributed by atoms with Crippen LogP contribution in [0.15, 0.2) is 0 Å². The lowest BCUT2D eigenvalue weighted by molar-refractivity contribution is -0.136. The highest BCUT2D eigenvalue weighted by molar-refractivity contribution is 5.66. The van der Waals surface area contributed by atoms with Crippen LogP contribution in [0.5, 0.6) is 0 Å². The number of hydrogen-bond donors (Lipinski definition) is 2. The van der Waals surface area contributed by atoms with Crippen molar-refractivity contribution in [3.05, 3.63) is 0 Å². The summed E-state index contributed by atoms with van der Waals surface area (Å²) in [6.07, 6.45) is 5.84. The lowest BCUT2D eigenvalue weighted by Crippen LogP contribution is -2.27. The van der Waals surface area contributed by atoms with Crippen molar-refractivity contribution in [2.75, 3.05) is 6.54 Å². The molecule has 3 heteroatoms. The van der Waals surface area contributed by atoms with Gasteiger partial charge in [0.05, 0.1) is 6.42 Å². The number of aliphatic carboxylic acids is 1. The summed E-state index contributed by atoms with van der Waals surface area (Å²) in [4.78, 5) is 10.1. The van der Waals surface area contributed by atoms with Gasteiger partial charge in [0.25, 0.3) is 0 Å². The summed E-state index contributed by atoms with van der Waals surface area (Å²) in [5.74, 6) is 1.71. The number of terminal acetylenes is 1. The third kappa shape index (κ3) is 6.88. The Labute approximate surface area is 66.8 Å². The Hall–Kier alpha value is -1.01. The van der Waals surface area contributed by atoms with E-state index in [0.29, 0.717) is 13.0 Å². The summed E-state index contributed by atoms with van der Waals surface area (Å²) in [5.41, 5.74) is 0. The summed E-state index contributed by atoms with van der Waals surface area (Å²) in [6.45, 7) is 2.42. The van der Waals surface area contributed by atoms with Crippen molar-refractivity contribution in [2.24, 2.45) is 0 Å². The molecule has 0 spiro atoms. The number of rotatable bonds is 5. The van der Waals surface area contributed by atoms with Gasteiger partial charge in [-0.25, -0.2) is 0 Å². The van der Waals surface area contributed by atoms with Gasteiger partial charge in [0.2, 0.25) is 0 Å². The molecule has 0 rings (SSSR count). The summed E-state index contributed by atoms with van der Waals surface area (Å²) in [5, 5.41) is 11.3. The maximum atomic E-state index is 10.1. The first-order chi connectivity index (χ1) is 5.16. The Morgan fingerprint density at radius 2 is 2.45 bits per heavy atom. The predicted molar refractivity (Wildman–Crippen MR) is 43.2 cm³/mol. The van der Waals surface area contributed by atoms with Crippen molar-refractivity contribution < 1.29 is 9.90 Å². The van der Waals surface area contributed by atoms with E-state index in [9.17, 15) is 4.79 Å². The molecule has 2 N–H and O–H groups in total. The molecule has 3 nitrogen and oxygen atoms in total. The first kappa shape index (κ1) is 9.99. The molecule has 0 amide bonds. The van der Waals surface area contributed by atoms with Crippen LogP contribution in [-0.2, 0) is 4.79 Å². The van der Waals surface area contributed by atoms with Crippen LogP contribution in [0.1, 0.15) is 19.8 Å². The molecule has 11 heavy (non-hydrogen) atoms. The summed E-state index contributed by atoms with van der Waals surface area (Å²) in [7, 11) is 0. The maximum absolute atomic E-state index is 10.1. The quantitative estimate of drug-likeness (QED) is 0.567. The fraction of sp³-hybridized carbons (Fsp3) is 0.625. The molecule has 0 radical (unpaired) electrons. The molecule has 0 aromatic rings. The molecule has 0 aliphatic heterocycles. The van der Waals surface area contributed by atoms with Crippen molar-refractivity contribution in [3.8, 4) is 12.3 Å². The van der Waals surface area contributed by atoms with Gasteiger partial charge in [-0.3, -0.25) is 4.79 Å². The minimum Gasteiger partial charge on any atom is -0.481 e. The molecule has 1 unspecified atom stereocenters. The van der Waals surface area contributed by atoms with E-state index in [0.717, 1.165) is 0 Å². The molecule has 0 aliphatic rings. The van der Waals surface area contributed by atoms with Crippen LogP contribution < -0.4 is 5.32 Å². The molecule has 0 saturated heterocycles. The second kappa shape index (κ2) is 5.75. The molecule has 0 bridgehead atoms. The molecule has 0 heterocycles. The highest BCUT2D eigenvalue weighted by Gasteiger charge is 1.99. The first-order valence-corrected chi connectivity index (χ1v) is 3.55. The topological polar surface area (TPSA) is 49.3 Å². The van der Waals surface area contributed by atoms with Gasteiger partial charge < -0.3 is 10.4 Å². The number of carboxylic acids is 1. The fourth-order valence-electron chi connectivity index (χ4n) is 0.674. The molecule has 0 aromatic carbocycles. The lowest BCUT2D eigenvalue weighted by Gasteiger charge is -2.08. The first-order valence-electron chi connectivity index (χ1n) is 3.55. The summed E-state index contributed by atoms with van der Waals surface area (Å²) < 4.78 is 0. The highest BCUT2D eigenvalue weighted by Crippen LogP contribution is 1.87. The van der Waals surface area contributed by atoms with Crippen LogP contribution in [0.3, 0.4) is 0 Å². The zero-order chi connectivity index (χ0) is 8.69. The van der Waals surface area contributed by atoms with Crippen LogP contribution in [0.25, 0.3) is 0 Å². The van der Waals surface area contributed by atoms with E-state index in [1.807, 2.05) is 6.92 Å². The van der Waals surface area contributed by atoms with Crippen molar-refractivity contribution in [3.63, 3.8) is 0 Å². The molecular weight excluding hydrogens is 142 g/mol. The molecule has 62 valence electrons. The smallest absolute Gasteiger partial charge is 0.304 e. The Morgan fingerprint density at radius 1 is 1.82 bits per heavy atom. The van der Waals surface area contributed by atoms with Crippen LogP contribution >= 0.6 is 0 Å². The van der Waals surface area contributed by atoms with Gasteiger partial charge >= 0.3 is 5.97 Å². The molecule has 0 aliphatic carbocycles. The maximum Gasteiger partial charge on any atom is 0.304 e. The SMILES string of the molecule is C#CCC(C)NCCC(=O)O.